The van der Waals surface area contributed by atoms with Crippen LogP contribution in [0, 0.1) is 0 Å². The molecule has 0 amide bonds. The van der Waals surface area contributed by atoms with Crippen molar-refractivity contribution >= 4 is 60.8 Å². The molecule has 2 aromatic heterocycles. The van der Waals surface area contributed by atoms with E-state index in [4.69, 9.17) is 4.42 Å². The average molecular weight is 933 g/mol. The summed E-state index contributed by atoms with van der Waals surface area (Å²) in [6.07, 6.45) is 0. The SMILES string of the molecule is CC1(C)c2ccccc2-c2cc(N(c3ccc(-c4ccc5c(c4)c4cc(C6(c7ccccc7)c7ccccc7-c7ccccc76)ccc4n5-c4ccccc4)cc3)c3ccc4c(c3)oc3ccccc34)ccc21. The minimum Gasteiger partial charge on any atom is -0.456 e. The van der Waals surface area contributed by atoms with Crippen molar-refractivity contribution < 1.29 is 4.42 Å². The fourth-order valence-corrected chi connectivity index (χ4v) is 13.0. The van der Waals surface area contributed by atoms with Crippen molar-refractivity contribution in [2.75, 3.05) is 4.90 Å². The van der Waals surface area contributed by atoms with E-state index in [2.05, 4.69) is 272 Å². The van der Waals surface area contributed by atoms with Gasteiger partial charge in [0, 0.05) is 55.8 Å². The predicted octanol–water partition coefficient (Wildman–Crippen LogP) is 18.5. The van der Waals surface area contributed by atoms with Crippen LogP contribution in [0.3, 0.4) is 0 Å². The van der Waals surface area contributed by atoms with Crippen molar-refractivity contribution in [2.24, 2.45) is 0 Å². The Labute approximate surface area is 424 Å². The molecule has 13 aromatic rings. The molecule has 344 valence electrons. The number of rotatable bonds is 7. The van der Waals surface area contributed by atoms with Crippen LogP contribution in [-0.2, 0) is 10.8 Å². The van der Waals surface area contributed by atoms with E-state index in [0.29, 0.717) is 0 Å². The molecule has 2 aliphatic rings. The van der Waals surface area contributed by atoms with E-state index in [9.17, 15) is 0 Å². The Balaban J connectivity index is 0.898. The van der Waals surface area contributed by atoms with Gasteiger partial charge in [0.15, 0.2) is 0 Å². The number of hydrogen-bond acceptors (Lipinski definition) is 2. The zero-order chi connectivity index (χ0) is 48.4. The Morgan fingerprint density at radius 2 is 0.877 bits per heavy atom. The third-order valence-corrected chi connectivity index (χ3v) is 16.3. The maximum absolute atomic E-state index is 6.50. The van der Waals surface area contributed by atoms with Gasteiger partial charge in [-0.15, -0.1) is 0 Å². The summed E-state index contributed by atoms with van der Waals surface area (Å²) in [6, 6.07) is 94.1. The van der Waals surface area contributed by atoms with Crippen LogP contribution in [0.15, 0.2) is 259 Å². The third kappa shape index (κ3) is 6.00. The number of furan rings is 1. The molecule has 0 atom stereocenters. The second-order valence-electron chi connectivity index (χ2n) is 20.4. The van der Waals surface area contributed by atoms with Gasteiger partial charge in [-0.25, -0.2) is 0 Å². The van der Waals surface area contributed by atoms with Crippen molar-refractivity contribution in [1.82, 2.24) is 4.57 Å². The summed E-state index contributed by atoms with van der Waals surface area (Å²) in [5.74, 6) is 0. The summed E-state index contributed by atoms with van der Waals surface area (Å²) in [5.41, 5.74) is 23.2. The standard InChI is InChI=1S/C70H48N2O/c1-69(2)61-25-13-9-23-55(61)58-43-51(36-38-62(58)69)71(52-35-37-57-56-24-12-16-28-67(56)73-68(57)44-52)50-33-29-45(30-34-50)46-31-39-65-59(41-46)60-42-48(32-40-66(60)72(65)49-19-7-4-8-20-49)70(47-17-5-3-6-18-47)63-26-14-10-21-53(63)54-22-11-15-27-64(54)70/h3-44H,1-2H3. The minimum absolute atomic E-state index is 0.0864. The molecule has 0 bridgehead atoms. The van der Waals surface area contributed by atoms with Crippen LogP contribution in [0.5, 0.6) is 0 Å². The lowest BCUT2D eigenvalue weighted by Crippen LogP contribution is -2.28. The molecule has 0 radical (unpaired) electrons. The fraction of sp³-hybridized carbons (Fsp3) is 0.0571. The molecule has 73 heavy (non-hydrogen) atoms. The molecule has 2 aliphatic carbocycles. The molecule has 15 rings (SSSR count). The molecule has 0 fully saturated rings. The van der Waals surface area contributed by atoms with Gasteiger partial charge in [-0.2, -0.15) is 0 Å². The molecule has 0 saturated heterocycles. The van der Waals surface area contributed by atoms with Crippen molar-refractivity contribution in [3.8, 4) is 39.1 Å². The number of benzene rings is 11. The topological polar surface area (TPSA) is 21.3 Å². The Morgan fingerprint density at radius 1 is 0.342 bits per heavy atom. The van der Waals surface area contributed by atoms with Crippen LogP contribution in [0.2, 0.25) is 0 Å². The van der Waals surface area contributed by atoms with Gasteiger partial charge in [-0.05, 0) is 146 Å². The molecular formula is C70H48N2O. The van der Waals surface area contributed by atoms with E-state index in [-0.39, 0.29) is 5.41 Å². The van der Waals surface area contributed by atoms with Crippen molar-refractivity contribution in [2.45, 2.75) is 24.7 Å². The van der Waals surface area contributed by atoms with Crippen LogP contribution >= 0.6 is 0 Å². The third-order valence-electron chi connectivity index (χ3n) is 16.3. The van der Waals surface area contributed by atoms with Gasteiger partial charge in [0.05, 0.1) is 16.4 Å². The number of fused-ring (bicyclic) bond motifs is 12. The van der Waals surface area contributed by atoms with Crippen LogP contribution in [0.1, 0.15) is 47.2 Å². The molecule has 11 aromatic carbocycles. The van der Waals surface area contributed by atoms with Crippen LogP contribution in [-0.4, -0.2) is 4.57 Å². The quantitative estimate of drug-likeness (QED) is 0.159. The van der Waals surface area contributed by atoms with Crippen LogP contribution in [0.4, 0.5) is 17.1 Å². The molecule has 0 spiro atoms. The first-order valence-corrected chi connectivity index (χ1v) is 25.4. The van der Waals surface area contributed by atoms with E-state index in [1.807, 2.05) is 6.07 Å². The summed E-state index contributed by atoms with van der Waals surface area (Å²) in [4.78, 5) is 2.38. The number of nitrogens with zero attached hydrogens (tertiary/aromatic N) is 2. The smallest absolute Gasteiger partial charge is 0.137 e. The lowest BCUT2D eigenvalue weighted by atomic mass is 9.67. The lowest BCUT2D eigenvalue weighted by Gasteiger charge is -2.34. The Bertz CT molecular complexity index is 4300. The van der Waals surface area contributed by atoms with Gasteiger partial charge >= 0.3 is 0 Å². The fourth-order valence-electron chi connectivity index (χ4n) is 13.0. The second kappa shape index (κ2) is 15.7. The highest BCUT2D eigenvalue weighted by Crippen LogP contribution is 2.57. The number of para-hydroxylation sites is 2. The molecule has 0 saturated carbocycles. The van der Waals surface area contributed by atoms with E-state index >= 15 is 0 Å². The average Bonchev–Trinajstić information content (AvgIpc) is 4.15. The number of anilines is 3. The van der Waals surface area contributed by atoms with Crippen LogP contribution < -0.4 is 4.90 Å². The first-order chi connectivity index (χ1) is 35.9. The molecule has 3 nitrogen and oxygen atoms in total. The highest BCUT2D eigenvalue weighted by Gasteiger charge is 2.46. The minimum atomic E-state index is -0.503. The lowest BCUT2D eigenvalue weighted by molar-refractivity contribution is 0.660. The maximum atomic E-state index is 6.50. The summed E-state index contributed by atoms with van der Waals surface area (Å²) in [5, 5.41) is 4.68. The zero-order valence-electron chi connectivity index (χ0n) is 40.6. The maximum Gasteiger partial charge on any atom is 0.137 e. The zero-order valence-corrected chi connectivity index (χ0v) is 40.6. The second-order valence-corrected chi connectivity index (χ2v) is 20.4. The van der Waals surface area contributed by atoms with Gasteiger partial charge in [-0.1, -0.05) is 184 Å². The van der Waals surface area contributed by atoms with E-state index in [1.54, 1.807) is 0 Å². The highest BCUT2D eigenvalue weighted by atomic mass is 16.3. The van der Waals surface area contributed by atoms with Gasteiger partial charge < -0.3 is 13.9 Å². The van der Waals surface area contributed by atoms with Crippen molar-refractivity contribution in [3.05, 3.63) is 288 Å². The summed E-state index contributed by atoms with van der Waals surface area (Å²) >= 11 is 0. The Hall–Kier alpha value is -9.18. The molecule has 0 aliphatic heterocycles. The summed E-state index contributed by atoms with van der Waals surface area (Å²) in [6.45, 7) is 4.68. The Kier molecular flexibility index (Phi) is 8.92. The van der Waals surface area contributed by atoms with Crippen LogP contribution in [0.25, 0.3) is 82.8 Å². The summed E-state index contributed by atoms with van der Waals surface area (Å²) in [7, 11) is 0. The van der Waals surface area contributed by atoms with E-state index in [1.165, 1.54) is 77.4 Å². The van der Waals surface area contributed by atoms with Gasteiger partial charge in [0.1, 0.15) is 11.2 Å². The van der Waals surface area contributed by atoms with Crippen molar-refractivity contribution in [1.29, 1.82) is 0 Å². The van der Waals surface area contributed by atoms with E-state index < -0.39 is 5.41 Å². The Morgan fingerprint density at radius 3 is 1.62 bits per heavy atom. The van der Waals surface area contributed by atoms with Gasteiger partial charge in [-0.3, -0.25) is 0 Å². The first kappa shape index (κ1) is 41.6. The van der Waals surface area contributed by atoms with E-state index in [0.717, 1.165) is 55.8 Å². The molecule has 0 N–H and O–H groups in total. The number of hydrogen-bond donors (Lipinski definition) is 0. The first-order valence-electron chi connectivity index (χ1n) is 25.4. The molecule has 0 unspecified atom stereocenters. The molecule has 3 heteroatoms. The molecule has 2 heterocycles. The largest absolute Gasteiger partial charge is 0.456 e. The van der Waals surface area contributed by atoms with Gasteiger partial charge in [0.2, 0.25) is 0 Å². The van der Waals surface area contributed by atoms with Crippen molar-refractivity contribution in [3.63, 3.8) is 0 Å². The predicted molar refractivity (Wildman–Crippen MR) is 303 cm³/mol. The normalized spacial score (nSPS) is 13.8. The summed E-state index contributed by atoms with van der Waals surface area (Å²) < 4.78 is 8.93. The monoisotopic (exact) mass is 932 g/mol. The number of aromatic nitrogens is 1. The highest BCUT2D eigenvalue weighted by molar-refractivity contribution is 6.11. The molecular weight excluding hydrogens is 885 g/mol. The van der Waals surface area contributed by atoms with Gasteiger partial charge in [0.25, 0.3) is 0 Å².